The lowest BCUT2D eigenvalue weighted by molar-refractivity contribution is -0.135. The first-order chi connectivity index (χ1) is 15.9. The number of aliphatic hydroxyl groups is 1. The molecule has 3 aromatic rings. The second-order valence-electron chi connectivity index (χ2n) is 7.97. The van der Waals surface area contributed by atoms with Gasteiger partial charge in [0.05, 0.1) is 10.9 Å². The van der Waals surface area contributed by atoms with E-state index in [-0.39, 0.29) is 17.5 Å². The zero-order valence-electron chi connectivity index (χ0n) is 17.9. The standard InChI is InChI=1S/C23H25F2N5O2S/c24-23(25,16-6-2-1-3-7-16)20(31)14-11-17-8-4-10-21(32)30(17)15-5-9-18-12-13-19(33-18)22-26-28-29-27-22/h1-3,6-7,11-14,17,20,31H,4-5,8-10,15H2,(H,26,27,28,29)/t17-,20-/m1/s1. The number of nitrogens with one attached hydrogen (secondary N) is 1. The van der Waals surface area contributed by atoms with Gasteiger partial charge >= 0.3 is 5.92 Å². The van der Waals surface area contributed by atoms with Crippen molar-refractivity contribution < 1.29 is 18.7 Å². The van der Waals surface area contributed by atoms with E-state index < -0.39 is 12.0 Å². The van der Waals surface area contributed by atoms with Gasteiger partial charge in [-0.15, -0.1) is 21.5 Å². The molecule has 1 saturated heterocycles. The molecular formula is C23H25F2N5O2S. The summed E-state index contributed by atoms with van der Waals surface area (Å²) in [6.07, 6.45) is 4.07. The lowest BCUT2D eigenvalue weighted by Crippen LogP contribution is -2.43. The molecule has 2 N–H and O–H groups in total. The molecule has 174 valence electrons. The highest BCUT2D eigenvalue weighted by molar-refractivity contribution is 7.15. The fraction of sp³-hybridized carbons (Fsp3) is 0.391. The minimum absolute atomic E-state index is 0.0128. The maximum atomic E-state index is 14.6. The van der Waals surface area contributed by atoms with Gasteiger partial charge in [-0.25, -0.2) is 0 Å². The maximum absolute atomic E-state index is 14.6. The number of nitrogens with zero attached hydrogens (tertiary/aromatic N) is 4. The molecule has 1 fully saturated rings. The maximum Gasteiger partial charge on any atom is 0.302 e. The van der Waals surface area contributed by atoms with Crippen LogP contribution >= 0.6 is 11.3 Å². The number of aromatic nitrogens is 4. The van der Waals surface area contributed by atoms with Crippen LogP contribution in [0.2, 0.25) is 0 Å². The fourth-order valence-electron chi connectivity index (χ4n) is 3.95. The van der Waals surface area contributed by atoms with Crippen molar-refractivity contribution >= 4 is 17.2 Å². The van der Waals surface area contributed by atoms with Crippen LogP contribution in [0.3, 0.4) is 0 Å². The van der Waals surface area contributed by atoms with Crippen LogP contribution in [0.15, 0.2) is 54.6 Å². The molecule has 7 nitrogen and oxygen atoms in total. The molecule has 1 amide bonds. The Hall–Kier alpha value is -2.98. The number of hydrogen-bond acceptors (Lipinski definition) is 6. The van der Waals surface area contributed by atoms with Crippen molar-refractivity contribution in [2.24, 2.45) is 0 Å². The molecule has 0 unspecified atom stereocenters. The largest absolute Gasteiger partial charge is 0.382 e. The Morgan fingerprint density at radius 1 is 1.27 bits per heavy atom. The Morgan fingerprint density at radius 2 is 2.09 bits per heavy atom. The van der Waals surface area contributed by atoms with Gasteiger partial charge in [0.25, 0.3) is 0 Å². The summed E-state index contributed by atoms with van der Waals surface area (Å²) >= 11 is 1.57. The molecule has 2 atom stereocenters. The monoisotopic (exact) mass is 473 g/mol. The minimum Gasteiger partial charge on any atom is -0.382 e. The lowest BCUT2D eigenvalue weighted by Gasteiger charge is -2.34. The van der Waals surface area contributed by atoms with E-state index in [1.165, 1.54) is 24.3 Å². The van der Waals surface area contributed by atoms with Crippen molar-refractivity contribution in [3.63, 3.8) is 0 Å². The number of tetrazole rings is 1. The molecule has 0 saturated carbocycles. The van der Waals surface area contributed by atoms with Crippen LogP contribution in [0.1, 0.15) is 36.1 Å². The Morgan fingerprint density at radius 3 is 2.85 bits per heavy atom. The van der Waals surface area contributed by atoms with Gasteiger partial charge in [-0.2, -0.15) is 14.0 Å². The van der Waals surface area contributed by atoms with E-state index in [9.17, 15) is 18.7 Å². The summed E-state index contributed by atoms with van der Waals surface area (Å²) in [5, 5.41) is 24.1. The van der Waals surface area contributed by atoms with Gasteiger partial charge in [0.1, 0.15) is 6.10 Å². The highest BCUT2D eigenvalue weighted by Gasteiger charge is 2.39. The number of halogens is 2. The van der Waals surface area contributed by atoms with Crippen LogP contribution in [-0.4, -0.2) is 55.2 Å². The Balaban J connectivity index is 1.36. The molecule has 0 spiro atoms. The zero-order valence-corrected chi connectivity index (χ0v) is 18.7. The van der Waals surface area contributed by atoms with Crippen molar-refractivity contribution in [1.82, 2.24) is 25.5 Å². The van der Waals surface area contributed by atoms with Gasteiger partial charge in [0.15, 0.2) is 0 Å². The number of amides is 1. The molecule has 4 rings (SSSR count). The predicted octanol–water partition coefficient (Wildman–Crippen LogP) is 3.95. The van der Waals surface area contributed by atoms with Crippen molar-refractivity contribution in [2.75, 3.05) is 6.54 Å². The first-order valence-corrected chi connectivity index (χ1v) is 11.7. The lowest BCUT2D eigenvalue weighted by atomic mass is 9.98. The first-order valence-electron chi connectivity index (χ1n) is 10.9. The number of carbonyl (C=O) groups is 1. The van der Waals surface area contributed by atoms with E-state index >= 15 is 0 Å². The molecule has 0 aliphatic carbocycles. The average Bonchev–Trinajstić information content (AvgIpc) is 3.51. The predicted molar refractivity (Wildman–Crippen MR) is 121 cm³/mol. The van der Waals surface area contributed by atoms with Crippen LogP contribution in [0, 0.1) is 0 Å². The number of likely N-dealkylation sites (tertiary alicyclic amines) is 1. The van der Waals surface area contributed by atoms with E-state index in [4.69, 9.17) is 0 Å². The van der Waals surface area contributed by atoms with Gasteiger partial charge in [-0.05, 0) is 43.0 Å². The van der Waals surface area contributed by atoms with E-state index in [0.29, 0.717) is 31.6 Å². The summed E-state index contributed by atoms with van der Waals surface area (Å²) in [5.41, 5.74) is -0.241. The average molecular weight is 474 g/mol. The van der Waals surface area contributed by atoms with Crippen LogP contribution in [0.5, 0.6) is 0 Å². The third-order valence-electron chi connectivity index (χ3n) is 5.71. The summed E-state index contributed by atoms with van der Waals surface area (Å²) < 4.78 is 29.2. The summed E-state index contributed by atoms with van der Waals surface area (Å²) in [6, 6.07) is 10.9. The third kappa shape index (κ3) is 5.51. The molecule has 0 bridgehead atoms. The molecule has 1 aliphatic rings. The number of alkyl halides is 2. The van der Waals surface area contributed by atoms with Gasteiger partial charge in [-0.3, -0.25) is 4.79 Å². The zero-order chi connectivity index (χ0) is 23.3. The summed E-state index contributed by atoms with van der Waals surface area (Å²) in [5.74, 6) is -2.84. The number of piperidine rings is 1. The van der Waals surface area contributed by atoms with Crippen molar-refractivity contribution in [3.05, 3.63) is 65.1 Å². The Kier molecular flexibility index (Phi) is 7.24. The number of hydrogen-bond donors (Lipinski definition) is 2. The van der Waals surface area contributed by atoms with Crippen LogP contribution < -0.4 is 0 Å². The molecule has 1 aliphatic heterocycles. The van der Waals surface area contributed by atoms with Crippen LogP contribution in [0.4, 0.5) is 8.78 Å². The quantitative estimate of drug-likeness (QED) is 0.459. The number of aromatic amines is 1. The topological polar surface area (TPSA) is 95.0 Å². The van der Waals surface area contributed by atoms with Crippen molar-refractivity contribution in [3.8, 4) is 10.7 Å². The summed E-state index contributed by atoms with van der Waals surface area (Å²) in [7, 11) is 0. The highest BCUT2D eigenvalue weighted by Crippen LogP contribution is 2.33. The number of aliphatic hydroxyl groups excluding tert-OH is 1. The summed E-state index contributed by atoms with van der Waals surface area (Å²) in [6.45, 7) is 0.522. The van der Waals surface area contributed by atoms with E-state index in [1.54, 1.807) is 28.4 Å². The normalized spacial score (nSPS) is 18.2. The van der Waals surface area contributed by atoms with E-state index in [0.717, 1.165) is 28.7 Å². The van der Waals surface area contributed by atoms with E-state index in [1.807, 2.05) is 12.1 Å². The van der Waals surface area contributed by atoms with Gasteiger partial charge in [0.2, 0.25) is 11.7 Å². The molecule has 0 radical (unpaired) electrons. The van der Waals surface area contributed by atoms with Crippen molar-refractivity contribution in [1.29, 1.82) is 0 Å². The molecule has 1 aromatic carbocycles. The smallest absolute Gasteiger partial charge is 0.302 e. The SMILES string of the molecule is O=C1CCC[C@H](C=C[C@@H](O)C(F)(F)c2ccccc2)N1CCCc1ccc(-c2nn[nH]n2)s1. The number of H-pyrrole nitrogens is 1. The van der Waals surface area contributed by atoms with Gasteiger partial charge in [0, 0.05) is 23.4 Å². The molecule has 2 aromatic heterocycles. The fourth-order valence-corrected chi connectivity index (χ4v) is 4.92. The number of carbonyl (C=O) groups excluding carboxylic acids is 1. The van der Waals surface area contributed by atoms with Crippen LogP contribution in [0.25, 0.3) is 10.7 Å². The van der Waals surface area contributed by atoms with Gasteiger partial charge in [-0.1, -0.05) is 42.5 Å². The summed E-state index contributed by atoms with van der Waals surface area (Å²) in [4.78, 5) is 16.3. The van der Waals surface area contributed by atoms with Crippen molar-refractivity contribution in [2.45, 2.75) is 50.2 Å². The molecule has 3 heterocycles. The highest BCUT2D eigenvalue weighted by atomic mass is 32.1. The molecule has 10 heteroatoms. The minimum atomic E-state index is -3.41. The third-order valence-corrected chi connectivity index (χ3v) is 6.85. The number of rotatable bonds is 9. The first kappa shape index (κ1) is 23.2. The Labute approximate surface area is 194 Å². The number of thiophene rings is 1. The molecule has 33 heavy (non-hydrogen) atoms. The Bertz CT molecular complexity index is 1070. The van der Waals surface area contributed by atoms with Crippen LogP contribution in [-0.2, 0) is 17.1 Å². The molecular weight excluding hydrogens is 448 g/mol. The van der Waals surface area contributed by atoms with E-state index in [2.05, 4.69) is 20.6 Å². The second kappa shape index (κ2) is 10.3. The van der Waals surface area contributed by atoms with Gasteiger partial charge < -0.3 is 10.0 Å². The number of aryl methyl sites for hydroxylation is 1. The second-order valence-corrected chi connectivity index (χ2v) is 9.14. The number of benzene rings is 1.